The smallest absolute Gasteiger partial charge is 0.433 e. The van der Waals surface area contributed by atoms with Crippen LogP contribution < -0.4 is 9.64 Å². The quantitative estimate of drug-likeness (QED) is 0.217. The van der Waals surface area contributed by atoms with Crippen LogP contribution in [0, 0.1) is 5.41 Å². The van der Waals surface area contributed by atoms with Crippen molar-refractivity contribution in [3.05, 3.63) is 60.2 Å². The summed E-state index contributed by atoms with van der Waals surface area (Å²) in [5.41, 5.74) is -3.08. The van der Waals surface area contributed by atoms with E-state index < -0.39 is 36.8 Å². The lowest BCUT2D eigenvalue weighted by atomic mass is 9.53. The van der Waals surface area contributed by atoms with Crippen molar-refractivity contribution in [2.24, 2.45) is 5.41 Å². The van der Waals surface area contributed by atoms with Crippen LogP contribution in [0.15, 0.2) is 53.1 Å². The predicted octanol–water partition coefficient (Wildman–Crippen LogP) is 8.29. The molecule has 0 spiro atoms. The molecule has 7 rings (SSSR count). The van der Waals surface area contributed by atoms with E-state index in [4.69, 9.17) is 18.7 Å². The number of fused-ring (bicyclic) bond motifs is 3. The maximum absolute atomic E-state index is 14.5. The van der Waals surface area contributed by atoms with Gasteiger partial charge in [0.1, 0.15) is 5.75 Å². The molecular weight excluding hydrogens is 606 g/mol. The molecule has 1 aromatic heterocycles. The van der Waals surface area contributed by atoms with E-state index in [-0.39, 0.29) is 29.4 Å². The number of amides is 1. The first-order valence-corrected chi connectivity index (χ1v) is 15.7. The Kier molecular flexibility index (Phi) is 8.10. The van der Waals surface area contributed by atoms with Crippen LogP contribution >= 0.6 is 0 Å². The minimum atomic E-state index is -4.78. The molecule has 3 aliphatic carbocycles. The molecule has 0 radical (unpaired) electrons. The van der Waals surface area contributed by atoms with Crippen LogP contribution in [0.4, 0.5) is 28.0 Å². The number of nitrogens with zero attached hydrogens (tertiary/aromatic N) is 3. The molecule has 8 nitrogen and oxygen atoms in total. The average Bonchev–Trinajstić information content (AvgIpc) is 3.51. The van der Waals surface area contributed by atoms with E-state index in [2.05, 4.69) is 10.1 Å². The number of alkyl halides is 4. The fraction of sp³-hybridized carbons (Fsp3) is 0.559. The van der Waals surface area contributed by atoms with E-state index >= 15 is 0 Å². The van der Waals surface area contributed by atoms with Crippen LogP contribution in [0.5, 0.6) is 5.75 Å². The maximum atomic E-state index is 14.5. The van der Waals surface area contributed by atoms with E-state index in [9.17, 15) is 22.4 Å². The van der Waals surface area contributed by atoms with Gasteiger partial charge < -0.3 is 18.7 Å². The van der Waals surface area contributed by atoms with E-state index in [1.807, 2.05) is 44.2 Å². The van der Waals surface area contributed by atoms with Crippen molar-refractivity contribution in [3.63, 3.8) is 0 Å². The lowest BCUT2D eigenvalue weighted by Crippen LogP contribution is -2.64. The Morgan fingerprint density at radius 2 is 1.61 bits per heavy atom. The predicted molar refractivity (Wildman–Crippen MR) is 161 cm³/mol. The summed E-state index contributed by atoms with van der Waals surface area (Å²) in [6.45, 7) is 5.31. The van der Waals surface area contributed by atoms with Gasteiger partial charge >= 0.3 is 12.3 Å². The lowest BCUT2D eigenvalue weighted by Gasteiger charge is -2.53. The Bertz CT molecular complexity index is 1540. The fourth-order valence-corrected chi connectivity index (χ4v) is 6.75. The minimum Gasteiger partial charge on any atom is -0.491 e. The van der Waals surface area contributed by atoms with Crippen molar-refractivity contribution in [2.75, 3.05) is 24.7 Å². The Morgan fingerprint density at radius 1 is 0.957 bits per heavy atom. The highest BCUT2D eigenvalue weighted by molar-refractivity contribution is 5.89. The second-order valence-electron chi connectivity index (χ2n) is 13.9. The molecule has 46 heavy (non-hydrogen) atoms. The number of rotatable bonds is 9. The zero-order chi connectivity index (χ0) is 33.0. The number of hydrogen-bond donors (Lipinski definition) is 0. The van der Waals surface area contributed by atoms with Crippen molar-refractivity contribution >= 4 is 11.8 Å². The summed E-state index contributed by atoms with van der Waals surface area (Å²) in [6, 6.07) is 14.7. The van der Waals surface area contributed by atoms with E-state index in [1.165, 1.54) is 18.7 Å². The van der Waals surface area contributed by atoms with Crippen LogP contribution in [0.1, 0.15) is 77.9 Å². The van der Waals surface area contributed by atoms with Crippen LogP contribution in [0.25, 0.3) is 11.1 Å². The molecule has 0 unspecified atom stereocenters. The van der Waals surface area contributed by atoms with E-state index in [1.54, 1.807) is 18.2 Å². The molecule has 3 saturated carbocycles. The van der Waals surface area contributed by atoms with Gasteiger partial charge in [0.15, 0.2) is 11.5 Å². The SMILES string of the molecule is CC(C)Oc1ccc(-c2cccc(N(CC34CCC(c5noc(C(C)(C)F)n5)(CC3)CC4)C(=O)OC3(C(F)(F)F)COC3)c2)cc1. The van der Waals surface area contributed by atoms with Crippen molar-refractivity contribution in [2.45, 2.75) is 95.2 Å². The standard InChI is InChI=1S/C34H39F4N3O5/c1-22(2)44-26-10-8-23(9-11-26)24-6-5-7-25(18-24)41(29(42)45-33(20-43-21-33)34(36,37)38)19-31-12-15-32(16-13-31,17-14-31)27-39-28(46-40-27)30(3,4)35/h5-11,18,22H,12-17,19-21H2,1-4H3. The zero-order valence-corrected chi connectivity index (χ0v) is 26.5. The summed E-state index contributed by atoms with van der Waals surface area (Å²) < 4.78 is 77.7. The molecule has 2 heterocycles. The molecule has 248 valence electrons. The summed E-state index contributed by atoms with van der Waals surface area (Å²) in [5, 5.41) is 4.13. The van der Waals surface area contributed by atoms with Gasteiger partial charge in [-0.25, -0.2) is 9.18 Å². The number of aromatic nitrogens is 2. The lowest BCUT2D eigenvalue weighted by molar-refractivity contribution is -0.331. The topological polar surface area (TPSA) is 86.9 Å². The molecule has 12 heteroatoms. The van der Waals surface area contributed by atoms with Crippen molar-refractivity contribution in [1.29, 1.82) is 0 Å². The number of benzene rings is 2. The first-order valence-electron chi connectivity index (χ1n) is 15.7. The number of anilines is 1. The maximum Gasteiger partial charge on any atom is 0.433 e. The number of ether oxygens (including phenoxy) is 3. The van der Waals surface area contributed by atoms with Gasteiger partial charge in [0.25, 0.3) is 11.5 Å². The molecule has 4 aliphatic rings. The fourth-order valence-electron chi connectivity index (χ4n) is 6.75. The van der Waals surface area contributed by atoms with Crippen LogP contribution in [-0.4, -0.2) is 53.9 Å². The van der Waals surface area contributed by atoms with Crippen molar-refractivity contribution in [1.82, 2.24) is 10.1 Å². The third-order valence-electron chi connectivity index (χ3n) is 9.71. The zero-order valence-electron chi connectivity index (χ0n) is 26.5. The summed E-state index contributed by atoms with van der Waals surface area (Å²) >= 11 is 0. The van der Waals surface area contributed by atoms with Crippen molar-refractivity contribution < 1.29 is 41.1 Å². The summed E-state index contributed by atoms with van der Waals surface area (Å²) in [6.07, 6.45) is -1.71. The Balaban J connectivity index is 1.27. The average molecular weight is 646 g/mol. The Morgan fingerprint density at radius 3 is 2.13 bits per heavy atom. The molecule has 2 aromatic carbocycles. The normalized spacial score (nSPS) is 24.0. The molecule has 2 bridgehead atoms. The second-order valence-corrected chi connectivity index (χ2v) is 13.9. The summed E-state index contributed by atoms with van der Waals surface area (Å²) in [4.78, 5) is 19.5. The second kappa shape index (κ2) is 11.5. The third kappa shape index (κ3) is 6.08. The molecule has 4 fully saturated rings. The number of halogens is 4. The molecule has 1 amide bonds. The monoisotopic (exact) mass is 645 g/mol. The number of carbonyl (C=O) groups is 1. The largest absolute Gasteiger partial charge is 0.491 e. The Labute approximate surface area is 265 Å². The van der Waals surface area contributed by atoms with Gasteiger partial charge in [0.2, 0.25) is 0 Å². The highest BCUT2D eigenvalue weighted by Crippen LogP contribution is 2.58. The van der Waals surface area contributed by atoms with Crippen LogP contribution in [0.3, 0.4) is 0 Å². The molecule has 1 saturated heterocycles. The van der Waals surface area contributed by atoms with Crippen LogP contribution in [0.2, 0.25) is 0 Å². The van der Waals surface area contributed by atoms with Gasteiger partial charge in [-0.2, -0.15) is 18.2 Å². The molecule has 3 aromatic rings. The first kappa shape index (κ1) is 32.3. The Hall–Kier alpha value is -3.67. The summed E-state index contributed by atoms with van der Waals surface area (Å²) in [5.74, 6) is 1.15. The number of hydrogen-bond acceptors (Lipinski definition) is 7. The molecule has 1 aliphatic heterocycles. The summed E-state index contributed by atoms with van der Waals surface area (Å²) in [7, 11) is 0. The van der Waals surface area contributed by atoms with Gasteiger partial charge in [-0.05, 0) is 107 Å². The molecule has 0 atom stereocenters. The third-order valence-corrected chi connectivity index (χ3v) is 9.71. The van der Waals surface area contributed by atoms with Gasteiger partial charge in [-0.1, -0.05) is 29.4 Å². The van der Waals surface area contributed by atoms with Gasteiger partial charge in [-0.3, -0.25) is 4.90 Å². The van der Waals surface area contributed by atoms with Crippen LogP contribution in [-0.2, 0) is 20.6 Å². The first-order chi connectivity index (χ1) is 21.6. The van der Waals surface area contributed by atoms with Gasteiger partial charge in [0, 0.05) is 17.6 Å². The number of carbonyl (C=O) groups excluding carboxylic acids is 1. The van der Waals surface area contributed by atoms with Gasteiger partial charge in [0.05, 0.1) is 19.3 Å². The molecular formula is C34H39F4N3O5. The molecule has 0 N–H and O–H groups in total. The minimum absolute atomic E-state index is 0.0193. The highest BCUT2D eigenvalue weighted by Gasteiger charge is 2.64. The highest BCUT2D eigenvalue weighted by atomic mass is 19.4. The van der Waals surface area contributed by atoms with Crippen molar-refractivity contribution in [3.8, 4) is 16.9 Å². The van der Waals surface area contributed by atoms with E-state index in [0.717, 1.165) is 16.9 Å². The van der Waals surface area contributed by atoms with Gasteiger partial charge in [-0.15, -0.1) is 0 Å². The van der Waals surface area contributed by atoms with E-state index in [0.29, 0.717) is 50.0 Å².